The molecule has 0 bridgehead atoms. The highest BCUT2D eigenvalue weighted by atomic mass is 16.6. The Kier molecular flexibility index (Phi) is 7.73. The highest BCUT2D eigenvalue weighted by Crippen LogP contribution is 2.26. The maximum absolute atomic E-state index is 13.2. The third kappa shape index (κ3) is 7.47. The Morgan fingerprint density at radius 3 is 1.80 bits per heavy atom. The van der Waals surface area contributed by atoms with Crippen molar-refractivity contribution < 1.29 is 23.9 Å². The van der Waals surface area contributed by atoms with Crippen molar-refractivity contribution in [3.05, 3.63) is 58.7 Å². The number of ether oxygens (including phenoxy) is 2. The second kappa shape index (κ2) is 10.4. The summed E-state index contributed by atoms with van der Waals surface area (Å²) in [5.74, 6) is -0.360. The summed E-state index contributed by atoms with van der Waals surface area (Å²) >= 11 is 0. The first-order valence-corrected chi connectivity index (χ1v) is 11.7. The van der Waals surface area contributed by atoms with E-state index < -0.39 is 29.9 Å². The Bertz CT molecular complexity index is 1080. The molecule has 1 heterocycles. The smallest absolute Gasteiger partial charge is 0.411 e. The molecule has 188 valence electrons. The molecule has 1 aliphatic heterocycles. The number of carbonyl (C=O) groups is 3. The van der Waals surface area contributed by atoms with Crippen LogP contribution >= 0.6 is 0 Å². The minimum absolute atomic E-state index is 0.0557. The number of anilines is 2. The summed E-state index contributed by atoms with van der Waals surface area (Å²) in [5.41, 5.74) is 4.60. The molecule has 0 radical (unpaired) electrons. The van der Waals surface area contributed by atoms with Crippen LogP contribution in [0.15, 0.2) is 36.4 Å². The lowest BCUT2D eigenvalue weighted by Crippen LogP contribution is -2.45. The Labute approximate surface area is 207 Å². The number of nitrogens with zero attached hydrogens (tertiary/aromatic N) is 1. The third-order valence-electron chi connectivity index (χ3n) is 5.42. The SMILES string of the molecule is Cc1cc(C)cc(NC(=O)O[C@@H]2C[C@@H](C(=O)Nc3cc(C)cc(C)c3)N(C(=O)OC(C)(C)C)C2)c1. The number of benzene rings is 2. The number of carbonyl (C=O) groups excluding carboxylic acids is 3. The summed E-state index contributed by atoms with van der Waals surface area (Å²) in [4.78, 5) is 40.0. The van der Waals surface area contributed by atoms with Crippen LogP contribution in [0.2, 0.25) is 0 Å². The lowest BCUT2D eigenvalue weighted by atomic mass is 10.1. The summed E-state index contributed by atoms with van der Waals surface area (Å²) in [6.45, 7) is 13.1. The molecule has 8 heteroatoms. The van der Waals surface area contributed by atoms with Gasteiger partial charge in [0.1, 0.15) is 17.7 Å². The molecule has 0 aliphatic carbocycles. The van der Waals surface area contributed by atoms with Gasteiger partial charge in [0, 0.05) is 17.8 Å². The minimum atomic E-state index is -0.843. The Hall–Kier alpha value is -3.55. The fraction of sp³-hybridized carbons (Fsp3) is 0.444. The van der Waals surface area contributed by atoms with Gasteiger partial charge in [-0.3, -0.25) is 15.0 Å². The summed E-state index contributed by atoms with van der Waals surface area (Å²) in [7, 11) is 0. The standard InChI is InChI=1S/C27H35N3O5/c1-16-8-17(2)11-20(10-16)28-24(31)23-14-22(15-30(23)26(33)35-27(5,6)7)34-25(32)29-21-12-18(3)9-19(4)13-21/h8-13,22-23H,14-15H2,1-7H3,(H,28,31)(H,29,32)/t22-,23+/m1/s1. The Morgan fingerprint density at radius 2 is 1.31 bits per heavy atom. The van der Waals surface area contributed by atoms with Crippen LogP contribution in [0.5, 0.6) is 0 Å². The second-order valence-corrected chi connectivity index (χ2v) is 10.3. The molecule has 2 atom stereocenters. The number of hydrogen-bond donors (Lipinski definition) is 2. The second-order valence-electron chi connectivity index (χ2n) is 10.3. The summed E-state index contributed by atoms with van der Waals surface area (Å²) in [6, 6.07) is 10.6. The van der Waals surface area contributed by atoms with E-state index in [2.05, 4.69) is 10.6 Å². The predicted octanol–water partition coefficient (Wildman–Crippen LogP) is 5.49. The monoisotopic (exact) mass is 481 g/mol. The predicted molar refractivity (Wildman–Crippen MR) is 136 cm³/mol. The largest absolute Gasteiger partial charge is 0.444 e. The number of nitrogens with one attached hydrogen (secondary N) is 2. The van der Waals surface area contributed by atoms with Crippen LogP contribution in [-0.4, -0.2) is 47.3 Å². The van der Waals surface area contributed by atoms with Crippen LogP contribution in [0.1, 0.15) is 49.4 Å². The van der Waals surface area contributed by atoms with Crippen molar-refractivity contribution in [2.75, 3.05) is 17.2 Å². The molecule has 8 nitrogen and oxygen atoms in total. The van der Waals surface area contributed by atoms with Gasteiger partial charge in [-0.2, -0.15) is 0 Å². The molecule has 0 spiro atoms. The lowest BCUT2D eigenvalue weighted by Gasteiger charge is -2.27. The van der Waals surface area contributed by atoms with Crippen LogP contribution in [0.25, 0.3) is 0 Å². The summed E-state index contributed by atoms with van der Waals surface area (Å²) in [6.07, 6.45) is -1.77. The van der Waals surface area contributed by atoms with E-state index in [9.17, 15) is 14.4 Å². The van der Waals surface area contributed by atoms with Gasteiger partial charge in [0.25, 0.3) is 0 Å². The molecule has 1 saturated heterocycles. The Balaban J connectivity index is 1.73. The van der Waals surface area contributed by atoms with Crippen LogP contribution in [0, 0.1) is 27.7 Å². The van der Waals surface area contributed by atoms with E-state index >= 15 is 0 Å². The van der Waals surface area contributed by atoms with Crippen LogP contribution in [0.3, 0.4) is 0 Å². The van der Waals surface area contributed by atoms with Gasteiger partial charge < -0.3 is 14.8 Å². The maximum atomic E-state index is 13.2. The zero-order valence-electron chi connectivity index (χ0n) is 21.5. The molecule has 3 amide bonds. The van der Waals surface area contributed by atoms with Gasteiger partial charge >= 0.3 is 12.2 Å². The van der Waals surface area contributed by atoms with Crippen molar-refractivity contribution in [3.8, 4) is 0 Å². The van der Waals surface area contributed by atoms with E-state index in [-0.39, 0.29) is 18.9 Å². The van der Waals surface area contributed by atoms with E-state index in [0.717, 1.165) is 22.3 Å². The fourth-order valence-electron chi connectivity index (χ4n) is 4.27. The van der Waals surface area contributed by atoms with Crippen LogP contribution in [0.4, 0.5) is 21.0 Å². The third-order valence-corrected chi connectivity index (χ3v) is 5.42. The zero-order valence-corrected chi connectivity index (χ0v) is 21.5. The van der Waals surface area contributed by atoms with Gasteiger partial charge in [-0.1, -0.05) is 12.1 Å². The van der Waals surface area contributed by atoms with Gasteiger partial charge in [0.2, 0.25) is 5.91 Å². The van der Waals surface area contributed by atoms with Gasteiger partial charge in [-0.25, -0.2) is 9.59 Å². The van der Waals surface area contributed by atoms with Gasteiger partial charge in [-0.15, -0.1) is 0 Å². The molecule has 2 aromatic rings. The van der Waals surface area contributed by atoms with E-state index in [1.807, 2.05) is 64.1 Å². The number of likely N-dealkylation sites (tertiary alicyclic amines) is 1. The van der Waals surface area contributed by atoms with E-state index in [4.69, 9.17) is 9.47 Å². The molecule has 1 fully saturated rings. The van der Waals surface area contributed by atoms with Gasteiger partial charge in [0.15, 0.2) is 0 Å². The average molecular weight is 482 g/mol. The van der Waals surface area contributed by atoms with Crippen molar-refractivity contribution in [2.45, 2.75) is 72.6 Å². The van der Waals surface area contributed by atoms with Crippen LogP contribution < -0.4 is 10.6 Å². The normalized spacial score (nSPS) is 17.6. The molecule has 3 rings (SSSR count). The minimum Gasteiger partial charge on any atom is -0.444 e. The zero-order chi connectivity index (χ0) is 25.9. The molecule has 2 aromatic carbocycles. The quantitative estimate of drug-likeness (QED) is 0.602. The van der Waals surface area contributed by atoms with Crippen molar-refractivity contribution in [1.82, 2.24) is 4.90 Å². The molecule has 0 unspecified atom stereocenters. The lowest BCUT2D eigenvalue weighted by molar-refractivity contribution is -0.120. The van der Waals surface area contributed by atoms with Crippen molar-refractivity contribution in [3.63, 3.8) is 0 Å². The number of hydrogen-bond acceptors (Lipinski definition) is 5. The van der Waals surface area contributed by atoms with E-state index in [1.165, 1.54) is 4.90 Å². The van der Waals surface area contributed by atoms with Crippen molar-refractivity contribution >= 4 is 29.5 Å². The molecule has 1 aliphatic rings. The highest BCUT2D eigenvalue weighted by molar-refractivity contribution is 5.97. The number of aryl methyl sites for hydroxylation is 4. The van der Waals surface area contributed by atoms with Crippen molar-refractivity contribution in [2.24, 2.45) is 0 Å². The number of amides is 3. The Morgan fingerprint density at radius 1 is 0.829 bits per heavy atom. The summed E-state index contributed by atoms with van der Waals surface area (Å²) in [5, 5.41) is 5.63. The van der Waals surface area contributed by atoms with Gasteiger partial charge in [0.05, 0.1) is 6.54 Å². The first-order chi connectivity index (χ1) is 16.3. The van der Waals surface area contributed by atoms with E-state index in [0.29, 0.717) is 11.4 Å². The van der Waals surface area contributed by atoms with Crippen molar-refractivity contribution in [1.29, 1.82) is 0 Å². The highest BCUT2D eigenvalue weighted by Gasteiger charge is 2.43. The maximum Gasteiger partial charge on any atom is 0.411 e. The first-order valence-electron chi connectivity index (χ1n) is 11.7. The number of rotatable bonds is 4. The molecule has 35 heavy (non-hydrogen) atoms. The average Bonchev–Trinajstić information content (AvgIpc) is 3.09. The summed E-state index contributed by atoms with van der Waals surface area (Å²) < 4.78 is 11.1. The topological polar surface area (TPSA) is 97.0 Å². The molecule has 0 aromatic heterocycles. The van der Waals surface area contributed by atoms with E-state index in [1.54, 1.807) is 20.8 Å². The molecule has 2 N–H and O–H groups in total. The molecular weight excluding hydrogens is 446 g/mol. The van der Waals surface area contributed by atoms with Gasteiger partial charge in [-0.05, 0) is 95.0 Å². The molecular formula is C27H35N3O5. The molecule has 0 saturated carbocycles. The fourth-order valence-corrected chi connectivity index (χ4v) is 4.27. The first kappa shape index (κ1) is 26.1. The van der Waals surface area contributed by atoms with Crippen LogP contribution in [-0.2, 0) is 14.3 Å².